The number of anilines is 4. The SMILES string of the molecule is Nc1ccc(Nc2nc3c(c(N4CCC[C@@H](N)C4)n2)CCC3)cc1[N+](=O)[O-]. The molecule has 2 heterocycles. The molecule has 1 aromatic carbocycles. The van der Waals surface area contributed by atoms with Gasteiger partial charge in [0, 0.05) is 36.4 Å². The summed E-state index contributed by atoms with van der Waals surface area (Å²) in [5.41, 5.74) is 14.6. The van der Waals surface area contributed by atoms with Crippen LogP contribution < -0.4 is 21.7 Å². The lowest BCUT2D eigenvalue weighted by molar-refractivity contribution is -0.383. The van der Waals surface area contributed by atoms with Crippen molar-refractivity contribution in [1.29, 1.82) is 0 Å². The number of nitrogens with one attached hydrogen (secondary N) is 1. The number of benzene rings is 1. The van der Waals surface area contributed by atoms with Crippen molar-refractivity contribution in [2.75, 3.05) is 29.0 Å². The number of fused-ring (bicyclic) bond motifs is 1. The van der Waals surface area contributed by atoms with Crippen molar-refractivity contribution in [3.05, 3.63) is 39.6 Å². The number of nitrogens with zero attached hydrogens (tertiary/aromatic N) is 4. The van der Waals surface area contributed by atoms with Crippen molar-refractivity contribution in [2.24, 2.45) is 5.73 Å². The van der Waals surface area contributed by atoms with Gasteiger partial charge in [-0.2, -0.15) is 4.98 Å². The van der Waals surface area contributed by atoms with Crippen LogP contribution >= 0.6 is 0 Å². The van der Waals surface area contributed by atoms with E-state index in [-0.39, 0.29) is 17.4 Å². The van der Waals surface area contributed by atoms with Crippen LogP contribution in [-0.2, 0) is 12.8 Å². The number of hydrogen-bond acceptors (Lipinski definition) is 8. The first kappa shape index (κ1) is 17.5. The number of nitro groups is 1. The van der Waals surface area contributed by atoms with E-state index in [1.165, 1.54) is 17.7 Å². The highest BCUT2D eigenvalue weighted by molar-refractivity contribution is 5.68. The van der Waals surface area contributed by atoms with E-state index in [2.05, 4.69) is 15.2 Å². The van der Waals surface area contributed by atoms with Crippen molar-refractivity contribution >= 4 is 28.8 Å². The largest absolute Gasteiger partial charge is 0.393 e. The highest BCUT2D eigenvalue weighted by atomic mass is 16.6. The lowest BCUT2D eigenvalue weighted by Gasteiger charge is -2.33. The summed E-state index contributed by atoms with van der Waals surface area (Å²) in [7, 11) is 0. The van der Waals surface area contributed by atoms with E-state index < -0.39 is 4.92 Å². The first-order valence-corrected chi connectivity index (χ1v) is 9.22. The Morgan fingerprint density at radius 3 is 2.89 bits per heavy atom. The molecule has 1 saturated heterocycles. The Bertz CT molecular complexity index is 886. The number of rotatable bonds is 4. The molecule has 0 unspecified atom stereocenters. The molecule has 4 rings (SSSR count). The Kier molecular flexibility index (Phi) is 4.53. The van der Waals surface area contributed by atoms with Crippen LogP contribution in [0, 0.1) is 10.1 Å². The second kappa shape index (κ2) is 6.99. The minimum Gasteiger partial charge on any atom is -0.393 e. The van der Waals surface area contributed by atoms with E-state index in [1.807, 2.05) is 0 Å². The molecule has 0 spiro atoms. The third-order valence-electron chi connectivity index (χ3n) is 5.15. The van der Waals surface area contributed by atoms with Gasteiger partial charge in [-0.15, -0.1) is 0 Å². The zero-order valence-corrected chi connectivity index (χ0v) is 15.0. The molecule has 1 fully saturated rings. The zero-order valence-electron chi connectivity index (χ0n) is 15.0. The molecule has 1 aromatic heterocycles. The standard InChI is InChI=1S/C18H23N7O2/c19-11-3-2-8-24(10-11)17-13-4-1-5-15(13)22-18(23-17)21-12-6-7-14(20)16(9-12)25(26)27/h6-7,9,11H,1-5,8,10,19-20H2,(H,21,22,23)/t11-/m1/s1. The molecular weight excluding hydrogens is 346 g/mol. The summed E-state index contributed by atoms with van der Waals surface area (Å²) in [6, 6.07) is 4.76. The molecule has 1 atom stereocenters. The van der Waals surface area contributed by atoms with E-state index in [9.17, 15) is 10.1 Å². The Hall–Kier alpha value is -2.94. The van der Waals surface area contributed by atoms with Crippen molar-refractivity contribution in [3.63, 3.8) is 0 Å². The summed E-state index contributed by atoms with van der Waals surface area (Å²) in [6.07, 6.45) is 5.04. The number of nitrogens with two attached hydrogens (primary N) is 2. The van der Waals surface area contributed by atoms with E-state index >= 15 is 0 Å². The van der Waals surface area contributed by atoms with Gasteiger partial charge in [0.05, 0.1) is 10.6 Å². The average molecular weight is 369 g/mol. The first-order chi connectivity index (χ1) is 13.0. The van der Waals surface area contributed by atoms with Gasteiger partial charge in [-0.05, 0) is 44.2 Å². The van der Waals surface area contributed by atoms with E-state index in [1.54, 1.807) is 6.07 Å². The summed E-state index contributed by atoms with van der Waals surface area (Å²) in [4.78, 5) is 22.3. The maximum Gasteiger partial charge on any atom is 0.294 e. The van der Waals surface area contributed by atoms with Crippen LogP contribution in [0.3, 0.4) is 0 Å². The van der Waals surface area contributed by atoms with Gasteiger partial charge in [-0.3, -0.25) is 10.1 Å². The molecule has 5 N–H and O–H groups in total. The molecule has 0 bridgehead atoms. The Labute approximate surface area is 156 Å². The summed E-state index contributed by atoms with van der Waals surface area (Å²) >= 11 is 0. The molecule has 27 heavy (non-hydrogen) atoms. The summed E-state index contributed by atoms with van der Waals surface area (Å²) in [5.74, 6) is 1.39. The van der Waals surface area contributed by atoms with E-state index in [4.69, 9.17) is 16.5 Å². The second-order valence-electron chi connectivity index (χ2n) is 7.15. The molecule has 1 aliphatic carbocycles. The maximum absolute atomic E-state index is 11.1. The van der Waals surface area contributed by atoms with Gasteiger partial charge in [0.15, 0.2) is 0 Å². The summed E-state index contributed by atoms with van der Waals surface area (Å²) < 4.78 is 0. The molecule has 0 saturated carbocycles. The molecular formula is C18H23N7O2. The smallest absolute Gasteiger partial charge is 0.294 e. The highest BCUT2D eigenvalue weighted by Crippen LogP contribution is 2.33. The fraction of sp³-hybridized carbons (Fsp3) is 0.444. The Morgan fingerprint density at radius 1 is 1.26 bits per heavy atom. The Morgan fingerprint density at radius 2 is 2.11 bits per heavy atom. The predicted molar refractivity (Wildman–Crippen MR) is 104 cm³/mol. The fourth-order valence-electron chi connectivity index (χ4n) is 3.84. The lowest BCUT2D eigenvalue weighted by Crippen LogP contribution is -2.43. The lowest BCUT2D eigenvalue weighted by atomic mass is 10.1. The van der Waals surface area contributed by atoms with Crippen molar-refractivity contribution < 1.29 is 4.92 Å². The normalized spacial score (nSPS) is 19.0. The molecule has 9 heteroatoms. The molecule has 0 radical (unpaired) electrons. The summed E-state index contributed by atoms with van der Waals surface area (Å²) in [6.45, 7) is 1.72. The van der Waals surface area contributed by atoms with Crippen molar-refractivity contribution in [2.45, 2.75) is 38.1 Å². The van der Waals surface area contributed by atoms with Crippen LogP contribution in [-0.4, -0.2) is 34.0 Å². The number of nitro benzene ring substituents is 1. The zero-order chi connectivity index (χ0) is 19.0. The minimum absolute atomic E-state index is 0.128. The molecule has 2 aliphatic rings. The number of aromatic nitrogens is 2. The van der Waals surface area contributed by atoms with E-state index in [0.717, 1.165) is 56.7 Å². The molecule has 2 aromatic rings. The molecule has 0 amide bonds. The van der Waals surface area contributed by atoms with Gasteiger partial charge >= 0.3 is 0 Å². The van der Waals surface area contributed by atoms with Crippen molar-refractivity contribution in [1.82, 2.24) is 9.97 Å². The number of aryl methyl sites for hydroxylation is 1. The number of piperidine rings is 1. The van der Waals surface area contributed by atoms with Gasteiger partial charge in [0.25, 0.3) is 5.69 Å². The predicted octanol–water partition coefficient (Wildman–Crippen LogP) is 2.13. The van der Waals surface area contributed by atoms with Crippen LogP contribution in [0.2, 0.25) is 0 Å². The quantitative estimate of drug-likeness (QED) is 0.423. The van der Waals surface area contributed by atoms with E-state index in [0.29, 0.717) is 11.6 Å². The van der Waals surface area contributed by atoms with Crippen LogP contribution in [0.25, 0.3) is 0 Å². The van der Waals surface area contributed by atoms with Crippen molar-refractivity contribution in [3.8, 4) is 0 Å². The Balaban J connectivity index is 1.67. The monoisotopic (exact) mass is 369 g/mol. The van der Waals surface area contributed by atoms with Crippen LogP contribution in [0.4, 0.5) is 28.8 Å². The highest BCUT2D eigenvalue weighted by Gasteiger charge is 2.26. The maximum atomic E-state index is 11.1. The third-order valence-corrected chi connectivity index (χ3v) is 5.15. The van der Waals surface area contributed by atoms with Crippen LogP contribution in [0.5, 0.6) is 0 Å². The second-order valence-corrected chi connectivity index (χ2v) is 7.15. The molecule has 9 nitrogen and oxygen atoms in total. The average Bonchev–Trinajstić information content (AvgIpc) is 3.11. The number of hydrogen-bond donors (Lipinski definition) is 3. The molecule has 1 aliphatic heterocycles. The topological polar surface area (TPSA) is 136 Å². The minimum atomic E-state index is -0.495. The summed E-state index contributed by atoms with van der Waals surface area (Å²) in [5, 5.41) is 14.2. The van der Waals surface area contributed by atoms with Crippen LogP contribution in [0.1, 0.15) is 30.5 Å². The van der Waals surface area contributed by atoms with Gasteiger partial charge in [-0.25, -0.2) is 4.98 Å². The van der Waals surface area contributed by atoms with Gasteiger partial charge in [0.2, 0.25) is 5.95 Å². The van der Waals surface area contributed by atoms with Crippen LogP contribution in [0.15, 0.2) is 18.2 Å². The first-order valence-electron chi connectivity index (χ1n) is 9.22. The van der Waals surface area contributed by atoms with Gasteiger partial charge < -0.3 is 21.7 Å². The third kappa shape index (κ3) is 3.50. The number of nitrogen functional groups attached to an aromatic ring is 1. The fourth-order valence-corrected chi connectivity index (χ4v) is 3.84. The van der Waals surface area contributed by atoms with Gasteiger partial charge in [-0.1, -0.05) is 0 Å². The molecule has 142 valence electrons. The van der Waals surface area contributed by atoms with Gasteiger partial charge in [0.1, 0.15) is 11.5 Å².